The van der Waals surface area contributed by atoms with E-state index >= 15 is 0 Å². The van der Waals surface area contributed by atoms with Gasteiger partial charge in [-0.2, -0.15) is 0 Å². The van der Waals surface area contributed by atoms with Crippen LogP contribution >= 0.6 is 0 Å². The van der Waals surface area contributed by atoms with Gasteiger partial charge in [-0.25, -0.2) is 4.79 Å². The summed E-state index contributed by atoms with van der Waals surface area (Å²) in [7, 11) is 0. The first-order chi connectivity index (χ1) is 12.6. The zero-order valence-electron chi connectivity index (χ0n) is 16.0. The monoisotopic (exact) mass is 376 g/mol. The molecule has 1 unspecified atom stereocenters. The molecule has 0 saturated heterocycles. The van der Waals surface area contributed by atoms with Gasteiger partial charge in [0.1, 0.15) is 5.60 Å². The maximum Gasteiger partial charge on any atom is 0.407 e. The number of Topliss-reactive ketones (excluding diaryl/α,β-unsaturated/α-hetero) is 1. The number of benzene rings is 1. The van der Waals surface area contributed by atoms with Gasteiger partial charge >= 0.3 is 6.09 Å². The van der Waals surface area contributed by atoms with Crippen LogP contribution in [0.4, 0.5) is 10.5 Å². The lowest BCUT2D eigenvalue weighted by atomic mass is 10.0. The molecule has 0 radical (unpaired) electrons. The molecule has 8 heteroatoms. The lowest BCUT2D eigenvalue weighted by Crippen LogP contribution is -2.41. The van der Waals surface area contributed by atoms with Gasteiger partial charge in [0, 0.05) is 17.8 Å². The van der Waals surface area contributed by atoms with Crippen LogP contribution < -0.4 is 16.4 Å². The second kappa shape index (κ2) is 10.3. The van der Waals surface area contributed by atoms with Crippen LogP contribution in [0.5, 0.6) is 0 Å². The number of nitrogens with one attached hydrogen (secondary N) is 3. The Labute approximate surface area is 159 Å². The van der Waals surface area contributed by atoms with Crippen molar-refractivity contribution >= 4 is 29.7 Å². The fraction of sp³-hybridized carbons (Fsp3) is 0.474. The van der Waals surface area contributed by atoms with E-state index in [1.165, 1.54) is 6.07 Å². The van der Waals surface area contributed by atoms with Gasteiger partial charge in [0.25, 0.3) is 5.91 Å². The number of carbonyl (C=O) groups excluding carboxylic acids is 3. The Morgan fingerprint density at radius 2 is 1.96 bits per heavy atom. The van der Waals surface area contributed by atoms with Gasteiger partial charge in [0.2, 0.25) is 0 Å². The lowest BCUT2D eigenvalue weighted by molar-refractivity contribution is -0.114. The standard InChI is InChI=1S/C19H28N4O4/c1-19(2,3)27-18(26)22-10-5-4-9-15(16(24)12-20)23-17(25)13-7-6-8-14(21)11-13/h6-8,11-12,15,20H,4-5,9-10,21H2,1-3H3,(H,22,26)(H,23,25). The molecule has 5 N–H and O–H groups in total. The summed E-state index contributed by atoms with van der Waals surface area (Å²) in [6.45, 7) is 5.74. The summed E-state index contributed by atoms with van der Waals surface area (Å²) < 4.78 is 5.13. The van der Waals surface area contributed by atoms with E-state index in [-0.39, 0.29) is 0 Å². The molecule has 0 heterocycles. The number of anilines is 1. The molecule has 2 amide bonds. The number of hydrogen-bond donors (Lipinski definition) is 4. The van der Waals surface area contributed by atoms with E-state index in [4.69, 9.17) is 15.9 Å². The summed E-state index contributed by atoms with van der Waals surface area (Å²) in [6.07, 6.45) is 1.75. The van der Waals surface area contributed by atoms with E-state index in [2.05, 4.69) is 10.6 Å². The number of rotatable bonds is 9. The van der Waals surface area contributed by atoms with E-state index in [1.807, 2.05) is 0 Å². The summed E-state index contributed by atoms with van der Waals surface area (Å²) in [5.41, 5.74) is 5.90. The highest BCUT2D eigenvalue weighted by Gasteiger charge is 2.20. The molecule has 1 rings (SSSR count). The maximum atomic E-state index is 12.3. The van der Waals surface area contributed by atoms with E-state index < -0.39 is 29.4 Å². The summed E-state index contributed by atoms with van der Waals surface area (Å²) in [4.78, 5) is 35.7. The van der Waals surface area contributed by atoms with Gasteiger partial charge in [-0.15, -0.1) is 0 Å². The van der Waals surface area contributed by atoms with Crippen LogP contribution in [0.3, 0.4) is 0 Å². The van der Waals surface area contributed by atoms with Crippen LogP contribution in [0, 0.1) is 5.41 Å². The van der Waals surface area contributed by atoms with Gasteiger partial charge in [0.15, 0.2) is 5.78 Å². The van der Waals surface area contributed by atoms with Crippen molar-refractivity contribution < 1.29 is 19.1 Å². The number of nitrogen functional groups attached to an aromatic ring is 1. The van der Waals surface area contributed by atoms with Crippen LogP contribution in [-0.2, 0) is 9.53 Å². The minimum absolute atomic E-state index is 0.351. The molecule has 0 fully saturated rings. The summed E-state index contributed by atoms with van der Waals surface area (Å²) in [6, 6.07) is 5.64. The maximum absolute atomic E-state index is 12.3. The van der Waals surface area contributed by atoms with Crippen molar-refractivity contribution in [1.82, 2.24) is 10.6 Å². The van der Waals surface area contributed by atoms with Crippen molar-refractivity contribution in [2.24, 2.45) is 0 Å². The first kappa shape index (κ1) is 22.1. The number of ether oxygens (including phenoxy) is 1. The van der Waals surface area contributed by atoms with Crippen molar-refractivity contribution in [2.45, 2.75) is 51.7 Å². The summed E-state index contributed by atoms with van der Waals surface area (Å²) >= 11 is 0. The molecule has 0 aliphatic rings. The minimum atomic E-state index is -0.794. The normalized spacial score (nSPS) is 12.0. The SMILES string of the molecule is CC(C)(C)OC(=O)NCCCCC(NC(=O)c1cccc(N)c1)C(=O)C=N. The van der Waals surface area contributed by atoms with E-state index in [1.54, 1.807) is 39.0 Å². The smallest absolute Gasteiger partial charge is 0.407 e. The predicted molar refractivity (Wildman–Crippen MR) is 104 cm³/mol. The fourth-order valence-electron chi connectivity index (χ4n) is 2.29. The van der Waals surface area contributed by atoms with Crippen LogP contribution in [0.2, 0.25) is 0 Å². The zero-order valence-corrected chi connectivity index (χ0v) is 16.0. The number of unbranched alkanes of at least 4 members (excludes halogenated alkanes) is 1. The minimum Gasteiger partial charge on any atom is -0.444 e. The van der Waals surface area contributed by atoms with E-state index in [0.717, 1.165) is 0 Å². The Morgan fingerprint density at radius 3 is 2.56 bits per heavy atom. The average molecular weight is 376 g/mol. The average Bonchev–Trinajstić information content (AvgIpc) is 2.58. The quantitative estimate of drug-likeness (QED) is 0.298. The number of ketones is 1. The number of amides is 2. The summed E-state index contributed by atoms with van der Waals surface area (Å²) in [5.74, 6) is -0.901. The number of nitrogens with two attached hydrogens (primary N) is 1. The molecular weight excluding hydrogens is 348 g/mol. The fourth-order valence-corrected chi connectivity index (χ4v) is 2.29. The highest BCUT2D eigenvalue weighted by molar-refractivity contribution is 6.29. The summed E-state index contributed by atoms with van der Waals surface area (Å²) in [5, 5.41) is 12.4. The molecule has 0 saturated carbocycles. The molecule has 0 aliphatic heterocycles. The van der Waals surface area contributed by atoms with Gasteiger partial charge in [-0.05, 0) is 58.2 Å². The van der Waals surface area contributed by atoms with Gasteiger partial charge in [-0.3, -0.25) is 9.59 Å². The van der Waals surface area contributed by atoms with E-state index in [9.17, 15) is 14.4 Å². The third-order valence-corrected chi connectivity index (χ3v) is 3.53. The Hall–Kier alpha value is -2.90. The van der Waals surface area contributed by atoms with Crippen molar-refractivity contribution in [1.29, 1.82) is 5.41 Å². The third kappa shape index (κ3) is 8.84. The van der Waals surface area contributed by atoms with Crippen molar-refractivity contribution in [3.63, 3.8) is 0 Å². The molecule has 27 heavy (non-hydrogen) atoms. The molecule has 1 aromatic carbocycles. The molecular formula is C19H28N4O4. The van der Waals surface area contributed by atoms with Crippen molar-refractivity contribution in [3.05, 3.63) is 29.8 Å². The van der Waals surface area contributed by atoms with E-state index in [0.29, 0.717) is 43.3 Å². The van der Waals surface area contributed by atoms with Crippen LogP contribution in [-0.4, -0.2) is 42.2 Å². The molecule has 0 spiro atoms. The number of carbonyl (C=O) groups is 3. The first-order valence-electron chi connectivity index (χ1n) is 8.80. The second-order valence-corrected chi connectivity index (χ2v) is 7.12. The van der Waals surface area contributed by atoms with Crippen molar-refractivity contribution in [3.8, 4) is 0 Å². The van der Waals surface area contributed by atoms with Crippen LogP contribution in [0.15, 0.2) is 24.3 Å². The molecule has 148 valence electrons. The molecule has 8 nitrogen and oxygen atoms in total. The number of alkyl carbamates (subject to hydrolysis) is 1. The lowest BCUT2D eigenvalue weighted by Gasteiger charge is -2.20. The van der Waals surface area contributed by atoms with Crippen LogP contribution in [0.25, 0.3) is 0 Å². The third-order valence-electron chi connectivity index (χ3n) is 3.53. The molecule has 0 bridgehead atoms. The Balaban J connectivity index is 2.47. The second-order valence-electron chi connectivity index (χ2n) is 7.12. The largest absolute Gasteiger partial charge is 0.444 e. The molecule has 0 aromatic heterocycles. The highest BCUT2D eigenvalue weighted by Crippen LogP contribution is 2.09. The Bertz CT molecular complexity index is 683. The molecule has 0 aliphatic carbocycles. The van der Waals surface area contributed by atoms with Gasteiger partial charge in [0.05, 0.1) is 12.3 Å². The topological polar surface area (TPSA) is 134 Å². The van der Waals surface area contributed by atoms with Crippen molar-refractivity contribution in [2.75, 3.05) is 12.3 Å². The Morgan fingerprint density at radius 1 is 1.26 bits per heavy atom. The van der Waals surface area contributed by atoms with Gasteiger partial charge < -0.3 is 26.5 Å². The van der Waals surface area contributed by atoms with Crippen LogP contribution in [0.1, 0.15) is 50.4 Å². The molecule has 1 aromatic rings. The number of hydrogen-bond acceptors (Lipinski definition) is 6. The highest BCUT2D eigenvalue weighted by atomic mass is 16.6. The first-order valence-corrected chi connectivity index (χ1v) is 8.80. The Kier molecular flexibility index (Phi) is 8.44. The van der Waals surface area contributed by atoms with Gasteiger partial charge in [-0.1, -0.05) is 6.07 Å². The zero-order chi connectivity index (χ0) is 20.4. The molecule has 1 atom stereocenters. The predicted octanol–water partition coefficient (Wildman–Crippen LogP) is 2.28.